The van der Waals surface area contributed by atoms with Crippen molar-refractivity contribution < 1.29 is 4.79 Å². The highest BCUT2D eigenvalue weighted by Gasteiger charge is 2.07. The van der Waals surface area contributed by atoms with E-state index in [9.17, 15) is 9.59 Å². The number of benzene rings is 2. The topological polar surface area (TPSA) is 64.0 Å². The summed E-state index contributed by atoms with van der Waals surface area (Å²) < 4.78 is 2.30. The van der Waals surface area contributed by atoms with Crippen LogP contribution in [0.15, 0.2) is 69.9 Å². The van der Waals surface area contributed by atoms with Crippen molar-refractivity contribution >= 4 is 33.4 Å². The number of amides is 1. The molecular formula is C21H19BrClN3O2. The van der Waals surface area contributed by atoms with E-state index in [4.69, 9.17) is 11.6 Å². The van der Waals surface area contributed by atoms with Gasteiger partial charge in [-0.3, -0.25) is 9.59 Å². The average molecular weight is 461 g/mol. The summed E-state index contributed by atoms with van der Waals surface area (Å²) in [6.45, 7) is 0.762. The largest absolute Gasteiger partial charge is 0.356 e. The van der Waals surface area contributed by atoms with Crippen molar-refractivity contribution in [2.24, 2.45) is 0 Å². The lowest BCUT2D eigenvalue weighted by Crippen LogP contribution is -2.29. The molecule has 2 aromatic carbocycles. The van der Waals surface area contributed by atoms with E-state index in [2.05, 4.69) is 26.3 Å². The summed E-state index contributed by atoms with van der Waals surface area (Å²) in [5.74, 6) is -0.114. The zero-order valence-electron chi connectivity index (χ0n) is 15.1. The van der Waals surface area contributed by atoms with Crippen LogP contribution in [0.1, 0.15) is 12.0 Å². The van der Waals surface area contributed by atoms with Crippen molar-refractivity contribution in [3.63, 3.8) is 0 Å². The fraction of sp³-hybridized carbons (Fsp3) is 0.190. The van der Waals surface area contributed by atoms with Crippen LogP contribution in [0.5, 0.6) is 0 Å². The third kappa shape index (κ3) is 5.78. The summed E-state index contributed by atoms with van der Waals surface area (Å²) in [5.41, 5.74) is 2.47. The Labute approximate surface area is 176 Å². The number of nitrogens with one attached hydrogen (secondary N) is 1. The molecule has 0 aliphatic heterocycles. The minimum Gasteiger partial charge on any atom is -0.356 e. The standard InChI is InChI=1S/C21H19BrClN3O2/c22-17-5-3-16(4-6-17)19-9-10-21(28)26(25-19)14-12-20(27)24-13-11-15-1-7-18(23)8-2-15/h1-10H,11-14H2,(H,24,27). The van der Waals surface area contributed by atoms with Gasteiger partial charge in [0, 0.05) is 34.1 Å². The Hall–Kier alpha value is -2.44. The van der Waals surface area contributed by atoms with E-state index < -0.39 is 0 Å². The number of carbonyl (C=O) groups excluding carboxylic acids is 1. The third-order valence-corrected chi connectivity index (χ3v) is 4.99. The van der Waals surface area contributed by atoms with Gasteiger partial charge < -0.3 is 5.32 Å². The number of carbonyl (C=O) groups is 1. The molecule has 0 aliphatic carbocycles. The Morgan fingerprint density at radius 2 is 1.75 bits per heavy atom. The number of hydrogen-bond acceptors (Lipinski definition) is 3. The Morgan fingerprint density at radius 1 is 1.04 bits per heavy atom. The van der Waals surface area contributed by atoms with Crippen molar-refractivity contribution in [3.8, 4) is 11.3 Å². The Kier molecular flexibility index (Phi) is 7.01. The van der Waals surface area contributed by atoms with E-state index in [0.29, 0.717) is 17.3 Å². The van der Waals surface area contributed by atoms with E-state index in [1.54, 1.807) is 6.07 Å². The number of aromatic nitrogens is 2. The summed E-state index contributed by atoms with van der Waals surface area (Å²) in [4.78, 5) is 24.1. The molecule has 1 amide bonds. The van der Waals surface area contributed by atoms with Crippen LogP contribution in [0, 0.1) is 0 Å². The van der Waals surface area contributed by atoms with Crippen LogP contribution in [0.3, 0.4) is 0 Å². The molecule has 1 heterocycles. The summed E-state index contributed by atoms with van der Waals surface area (Å²) >= 11 is 9.26. The van der Waals surface area contributed by atoms with Gasteiger partial charge in [-0.05, 0) is 42.3 Å². The summed E-state index contributed by atoms with van der Waals surface area (Å²) in [6, 6.07) is 18.4. The fourth-order valence-corrected chi connectivity index (χ4v) is 3.07. The maximum Gasteiger partial charge on any atom is 0.266 e. The lowest BCUT2D eigenvalue weighted by molar-refractivity contribution is -0.121. The molecule has 0 bridgehead atoms. The van der Waals surface area contributed by atoms with E-state index in [-0.39, 0.29) is 24.4 Å². The van der Waals surface area contributed by atoms with Gasteiger partial charge in [0.1, 0.15) is 0 Å². The van der Waals surface area contributed by atoms with Crippen LogP contribution in [-0.2, 0) is 17.8 Å². The van der Waals surface area contributed by atoms with Crippen molar-refractivity contribution in [2.45, 2.75) is 19.4 Å². The van der Waals surface area contributed by atoms with Crippen LogP contribution in [0.4, 0.5) is 0 Å². The molecule has 28 heavy (non-hydrogen) atoms. The molecule has 0 fully saturated rings. The van der Waals surface area contributed by atoms with Gasteiger partial charge >= 0.3 is 0 Å². The van der Waals surface area contributed by atoms with E-state index in [0.717, 1.165) is 22.0 Å². The quantitative estimate of drug-likeness (QED) is 0.578. The van der Waals surface area contributed by atoms with Crippen LogP contribution in [-0.4, -0.2) is 22.2 Å². The molecule has 144 valence electrons. The minimum atomic E-state index is -0.227. The molecule has 0 unspecified atom stereocenters. The van der Waals surface area contributed by atoms with E-state index in [1.165, 1.54) is 10.7 Å². The second-order valence-corrected chi connectivity index (χ2v) is 7.62. The molecule has 0 saturated heterocycles. The van der Waals surface area contributed by atoms with E-state index >= 15 is 0 Å². The van der Waals surface area contributed by atoms with Crippen molar-refractivity contribution in [1.29, 1.82) is 0 Å². The predicted octanol–water partition coefficient (Wildman–Crippen LogP) is 4.08. The smallest absolute Gasteiger partial charge is 0.266 e. The van der Waals surface area contributed by atoms with Gasteiger partial charge in [0.15, 0.2) is 0 Å². The summed E-state index contributed by atoms with van der Waals surface area (Å²) in [7, 11) is 0. The maximum absolute atomic E-state index is 12.1. The normalized spacial score (nSPS) is 10.6. The Morgan fingerprint density at radius 3 is 2.46 bits per heavy atom. The first-order valence-electron chi connectivity index (χ1n) is 8.86. The zero-order valence-corrected chi connectivity index (χ0v) is 17.4. The minimum absolute atomic E-state index is 0.114. The number of hydrogen-bond donors (Lipinski definition) is 1. The molecule has 1 N–H and O–H groups in total. The molecule has 0 aliphatic rings. The second-order valence-electron chi connectivity index (χ2n) is 6.26. The molecule has 0 saturated carbocycles. The van der Waals surface area contributed by atoms with Gasteiger partial charge in [-0.2, -0.15) is 5.10 Å². The molecule has 5 nitrogen and oxygen atoms in total. The molecule has 7 heteroatoms. The SMILES string of the molecule is O=C(CCn1nc(-c2ccc(Br)cc2)ccc1=O)NCCc1ccc(Cl)cc1. The van der Waals surface area contributed by atoms with E-state index in [1.807, 2.05) is 48.5 Å². The van der Waals surface area contributed by atoms with Crippen LogP contribution in [0.2, 0.25) is 5.02 Å². The highest BCUT2D eigenvalue weighted by Crippen LogP contribution is 2.18. The molecule has 3 aromatic rings. The predicted molar refractivity (Wildman–Crippen MR) is 114 cm³/mol. The Bertz CT molecular complexity index is 1000. The van der Waals surface area contributed by atoms with Crippen molar-refractivity contribution in [2.75, 3.05) is 6.54 Å². The van der Waals surface area contributed by atoms with Crippen molar-refractivity contribution in [1.82, 2.24) is 15.1 Å². The lowest BCUT2D eigenvalue weighted by atomic mass is 10.1. The number of nitrogens with zero attached hydrogens (tertiary/aromatic N) is 2. The molecular weight excluding hydrogens is 442 g/mol. The van der Waals surface area contributed by atoms with Gasteiger partial charge in [0.25, 0.3) is 5.56 Å². The number of rotatable bonds is 7. The van der Waals surface area contributed by atoms with Crippen LogP contribution in [0.25, 0.3) is 11.3 Å². The monoisotopic (exact) mass is 459 g/mol. The zero-order chi connectivity index (χ0) is 19.9. The Balaban J connectivity index is 1.54. The number of aryl methyl sites for hydroxylation is 1. The first-order chi connectivity index (χ1) is 13.5. The second kappa shape index (κ2) is 9.66. The number of halogens is 2. The fourth-order valence-electron chi connectivity index (χ4n) is 2.68. The molecule has 0 spiro atoms. The first kappa shape index (κ1) is 20.3. The first-order valence-corrected chi connectivity index (χ1v) is 10.0. The molecule has 1 aromatic heterocycles. The van der Waals surface area contributed by atoms with Gasteiger partial charge in [-0.25, -0.2) is 4.68 Å². The summed E-state index contributed by atoms with van der Waals surface area (Å²) in [6.07, 6.45) is 0.914. The molecule has 0 radical (unpaired) electrons. The van der Waals surface area contributed by atoms with Gasteiger partial charge in [-0.15, -0.1) is 0 Å². The maximum atomic E-state index is 12.1. The van der Waals surface area contributed by atoms with Gasteiger partial charge in [0.05, 0.1) is 12.2 Å². The summed E-state index contributed by atoms with van der Waals surface area (Å²) in [5, 5.41) is 7.94. The highest BCUT2D eigenvalue weighted by atomic mass is 79.9. The third-order valence-electron chi connectivity index (χ3n) is 4.21. The average Bonchev–Trinajstić information content (AvgIpc) is 2.69. The lowest BCUT2D eigenvalue weighted by Gasteiger charge is -2.08. The van der Waals surface area contributed by atoms with Crippen LogP contribution >= 0.6 is 27.5 Å². The van der Waals surface area contributed by atoms with Gasteiger partial charge in [-0.1, -0.05) is 51.8 Å². The molecule has 3 rings (SSSR count). The van der Waals surface area contributed by atoms with Crippen LogP contribution < -0.4 is 10.9 Å². The van der Waals surface area contributed by atoms with Gasteiger partial charge in [0.2, 0.25) is 5.91 Å². The highest BCUT2D eigenvalue weighted by molar-refractivity contribution is 9.10. The molecule has 0 atom stereocenters. The van der Waals surface area contributed by atoms with Crippen molar-refractivity contribution in [3.05, 3.63) is 86.1 Å².